The van der Waals surface area contributed by atoms with E-state index in [9.17, 15) is 9.59 Å². The Morgan fingerprint density at radius 2 is 1.86 bits per heavy atom. The Hall–Kier alpha value is -0.880. The maximum atomic E-state index is 11.6. The minimum absolute atomic E-state index is 0.0576. The normalized spacial score (nSPS) is 33.5. The maximum Gasteiger partial charge on any atom is 0.308 e. The van der Waals surface area contributed by atoms with E-state index in [4.69, 9.17) is 9.47 Å². The summed E-state index contributed by atoms with van der Waals surface area (Å²) in [5.74, 6) is 1.83. The fourth-order valence-corrected chi connectivity index (χ4v) is 7.73. The molecule has 6 heteroatoms. The van der Waals surface area contributed by atoms with E-state index >= 15 is 0 Å². The highest BCUT2D eigenvalue weighted by Crippen LogP contribution is 2.62. The van der Waals surface area contributed by atoms with Crippen molar-refractivity contribution in [1.29, 1.82) is 0 Å². The van der Waals surface area contributed by atoms with E-state index in [1.54, 1.807) is 0 Å². The summed E-state index contributed by atoms with van der Waals surface area (Å²) in [7, 11) is 0. The first kappa shape index (κ1) is 20.4. The molecule has 4 rings (SSSR count). The highest BCUT2D eigenvalue weighted by Gasteiger charge is 2.56. The van der Waals surface area contributed by atoms with Crippen molar-refractivity contribution in [1.82, 2.24) is 0 Å². The Bertz CT molecular complexity index is 836. The lowest BCUT2D eigenvalue weighted by Crippen LogP contribution is -2.45. The van der Waals surface area contributed by atoms with Crippen LogP contribution < -0.4 is 4.74 Å². The van der Waals surface area contributed by atoms with E-state index in [1.807, 2.05) is 0 Å². The van der Waals surface area contributed by atoms with E-state index in [0.29, 0.717) is 23.5 Å². The van der Waals surface area contributed by atoms with Gasteiger partial charge in [0.25, 0.3) is 0 Å². The first-order valence-electron chi connectivity index (χ1n) is 10.1. The SMILES string of the molecule is CC(=O)Oc1c(Br)cc2c(c1Br)CC[C@@H]1[C@@H]2CC[C@]2(C)[C@@H](OC(C)=O)CC[C@@H]12. The van der Waals surface area contributed by atoms with Gasteiger partial charge in [-0.3, -0.25) is 9.59 Å². The molecule has 0 bridgehead atoms. The van der Waals surface area contributed by atoms with Gasteiger partial charge in [-0.1, -0.05) is 6.92 Å². The van der Waals surface area contributed by atoms with Crippen LogP contribution in [0.15, 0.2) is 15.0 Å². The Balaban J connectivity index is 1.66. The molecule has 0 amide bonds. The van der Waals surface area contributed by atoms with E-state index in [0.717, 1.165) is 47.5 Å². The van der Waals surface area contributed by atoms with Crippen molar-refractivity contribution in [3.8, 4) is 5.75 Å². The molecule has 0 aromatic heterocycles. The van der Waals surface area contributed by atoms with Gasteiger partial charge in [0, 0.05) is 19.3 Å². The number of rotatable bonds is 2. The van der Waals surface area contributed by atoms with Crippen molar-refractivity contribution in [2.24, 2.45) is 17.3 Å². The van der Waals surface area contributed by atoms with Gasteiger partial charge in [0.1, 0.15) is 6.10 Å². The van der Waals surface area contributed by atoms with E-state index < -0.39 is 0 Å². The zero-order valence-electron chi connectivity index (χ0n) is 16.5. The van der Waals surface area contributed by atoms with Crippen LogP contribution in [-0.2, 0) is 20.7 Å². The standard InChI is InChI=1S/C22H26Br2O4/c1-11(25)27-19-7-6-17-14-4-5-15-16(13(14)8-9-22(17,19)3)10-18(23)21(20(15)24)28-12(2)26/h10,13-14,17,19H,4-9H2,1-3H3/t13-,14+,17-,19-,22-/m0/s1. The van der Waals surface area contributed by atoms with Crippen LogP contribution in [0.4, 0.5) is 0 Å². The van der Waals surface area contributed by atoms with Crippen molar-refractivity contribution in [2.45, 2.75) is 71.3 Å². The summed E-state index contributed by atoms with van der Waals surface area (Å²) in [5, 5.41) is 0. The number of ether oxygens (including phenoxy) is 2. The molecule has 1 aromatic rings. The number of carbonyl (C=O) groups excluding carboxylic acids is 2. The summed E-state index contributed by atoms with van der Waals surface area (Å²) >= 11 is 7.31. The van der Waals surface area contributed by atoms with E-state index in [2.05, 4.69) is 44.8 Å². The van der Waals surface area contributed by atoms with Gasteiger partial charge in [0.2, 0.25) is 0 Å². The molecule has 3 aliphatic rings. The van der Waals surface area contributed by atoms with Gasteiger partial charge in [-0.15, -0.1) is 0 Å². The van der Waals surface area contributed by atoms with Crippen LogP contribution >= 0.6 is 31.9 Å². The number of hydrogen-bond acceptors (Lipinski definition) is 4. The second-order valence-corrected chi connectivity index (χ2v) is 10.4. The van der Waals surface area contributed by atoms with Crippen LogP contribution in [0.25, 0.3) is 0 Å². The molecule has 0 spiro atoms. The maximum absolute atomic E-state index is 11.6. The highest BCUT2D eigenvalue weighted by molar-refractivity contribution is 9.11. The number of halogens is 2. The van der Waals surface area contributed by atoms with Gasteiger partial charge in [0.05, 0.1) is 8.95 Å². The van der Waals surface area contributed by atoms with E-state index in [1.165, 1.54) is 25.0 Å². The van der Waals surface area contributed by atoms with Gasteiger partial charge in [-0.2, -0.15) is 0 Å². The largest absolute Gasteiger partial charge is 0.462 e. The summed E-state index contributed by atoms with van der Waals surface area (Å²) in [4.78, 5) is 23.1. The Kier molecular flexibility index (Phi) is 5.41. The molecule has 0 saturated heterocycles. The molecule has 0 unspecified atom stereocenters. The minimum atomic E-state index is -0.314. The zero-order valence-corrected chi connectivity index (χ0v) is 19.7. The highest BCUT2D eigenvalue weighted by atomic mass is 79.9. The van der Waals surface area contributed by atoms with Crippen LogP contribution in [0.1, 0.15) is 69.9 Å². The molecule has 152 valence electrons. The third kappa shape index (κ3) is 3.24. The number of carbonyl (C=O) groups is 2. The second kappa shape index (κ2) is 7.42. The molecule has 4 nitrogen and oxygen atoms in total. The van der Waals surface area contributed by atoms with Crippen LogP contribution in [0.5, 0.6) is 5.75 Å². The lowest BCUT2D eigenvalue weighted by atomic mass is 9.55. The molecule has 2 saturated carbocycles. The van der Waals surface area contributed by atoms with Gasteiger partial charge in [-0.25, -0.2) is 0 Å². The molecule has 28 heavy (non-hydrogen) atoms. The molecule has 0 radical (unpaired) electrons. The lowest BCUT2D eigenvalue weighted by molar-refractivity contribution is -0.154. The summed E-state index contributed by atoms with van der Waals surface area (Å²) in [5.41, 5.74) is 2.75. The molecule has 1 aromatic carbocycles. The van der Waals surface area contributed by atoms with Crippen molar-refractivity contribution < 1.29 is 19.1 Å². The Morgan fingerprint density at radius 1 is 1.11 bits per heavy atom. The molecule has 0 heterocycles. The predicted octanol–water partition coefficient (Wildman–Crippen LogP) is 5.92. The number of hydrogen-bond donors (Lipinski definition) is 0. The fourth-order valence-electron chi connectivity index (χ4n) is 6.21. The zero-order chi connectivity index (χ0) is 20.2. The van der Waals surface area contributed by atoms with Gasteiger partial charge < -0.3 is 9.47 Å². The van der Waals surface area contributed by atoms with Crippen molar-refractivity contribution in [3.63, 3.8) is 0 Å². The second-order valence-electron chi connectivity index (χ2n) is 8.80. The van der Waals surface area contributed by atoms with Crippen LogP contribution in [0.2, 0.25) is 0 Å². The molecule has 5 atom stereocenters. The lowest BCUT2D eigenvalue weighted by Gasteiger charge is -2.50. The summed E-state index contributed by atoms with van der Waals surface area (Å²) in [6.45, 7) is 5.28. The quantitative estimate of drug-likeness (QED) is 0.363. The average Bonchev–Trinajstić information content (AvgIpc) is 2.94. The topological polar surface area (TPSA) is 52.6 Å². The molecular weight excluding hydrogens is 488 g/mol. The summed E-state index contributed by atoms with van der Waals surface area (Å²) in [6.07, 6.45) is 6.47. The predicted molar refractivity (Wildman–Crippen MR) is 113 cm³/mol. The van der Waals surface area contributed by atoms with Crippen molar-refractivity contribution >= 4 is 43.8 Å². The third-order valence-corrected chi connectivity index (χ3v) is 8.77. The van der Waals surface area contributed by atoms with Crippen molar-refractivity contribution in [2.75, 3.05) is 0 Å². The Morgan fingerprint density at radius 3 is 2.54 bits per heavy atom. The smallest absolute Gasteiger partial charge is 0.308 e. The van der Waals surface area contributed by atoms with Gasteiger partial charge in [0.15, 0.2) is 5.75 Å². The molecule has 0 N–H and O–H groups in total. The molecular formula is C22H26Br2O4. The number of benzene rings is 1. The Labute approximate surface area is 183 Å². The first-order valence-corrected chi connectivity index (χ1v) is 11.7. The van der Waals surface area contributed by atoms with Crippen LogP contribution in [0.3, 0.4) is 0 Å². The van der Waals surface area contributed by atoms with E-state index in [-0.39, 0.29) is 23.5 Å². The fraction of sp³-hybridized carbons (Fsp3) is 0.636. The van der Waals surface area contributed by atoms with Gasteiger partial charge in [-0.05, 0) is 105 Å². The average molecular weight is 514 g/mol. The number of fused-ring (bicyclic) bond motifs is 5. The molecule has 2 fully saturated rings. The van der Waals surface area contributed by atoms with Crippen LogP contribution in [-0.4, -0.2) is 18.0 Å². The minimum Gasteiger partial charge on any atom is -0.462 e. The van der Waals surface area contributed by atoms with Crippen LogP contribution in [0, 0.1) is 17.3 Å². The van der Waals surface area contributed by atoms with Gasteiger partial charge >= 0.3 is 11.9 Å². The third-order valence-electron chi connectivity index (χ3n) is 7.34. The summed E-state index contributed by atoms with van der Waals surface area (Å²) in [6, 6.07) is 2.16. The first-order chi connectivity index (χ1) is 13.2. The van der Waals surface area contributed by atoms with Crippen molar-refractivity contribution in [3.05, 3.63) is 26.1 Å². The molecule has 3 aliphatic carbocycles. The number of esters is 2. The monoisotopic (exact) mass is 512 g/mol. The molecule has 0 aliphatic heterocycles. The summed E-state index contributed by atoms with van der Waals surface area (Å²) < 4.78 is 12.9.